The van der Waals surface area contributed by atoms with Crippen LogP contribution in [0.1, 0.15) is 46.5 Å². The molecule has 0 unspecified atom stereocenters. The Morgan fingerprint density at radius 1 is 0.853 bits per heavy atom. The fraction of sp³-hybridized carbons (Fsp3) is 0.385. The highest BCUT2D eigenvalue weighted by Gasteiger charge is 2.35. The van der Waals surface area contributed by atoms with Crippen LogP contribution in [-0.2, 0) is 16.0 Å². The van der Waals surface area contributed by atoms with E-state index in [1.807, 2.05) is 44.2 Å². The second-order valence-corrected chi connectivity index (χ2v) is 8.81. The molecule has 0 spiro atoms. The predicted molar refractivity (Wildman–Crippen MR) is 129 cm³/mol. The summed E-state index contributed by atoms with van der Waals surface area (Å²) in [7, 11) is 1.54. The highest BCUT2D eigenvalue weighted by molar-refractivity contribution is 6.21. The first-order valence-corrected chi connectivity index (χ1v) is 11.6. The number of nitrogens with one attached hydrogen (secondary N) is 3. The number of likely N-dealkylation sites (N-methyl/N-ethyl adjacent to an activating group) is 1. The van der Waals surface area contributed by atoms with Gasteiger partial charge < -0.3 is 16.0 Å². The lowest BCUT2D eigenvalue weighted by molar-refractivity contribution is -0.130. The topological polar surface area (TPSA) is 108 Å². The zero-order valence-electron chi connectivity index (χ0n) is 19.8. The van der Waals surface area contributed by atoms with Gasteiger partial charge in [-0.05, 0) is 30.0 Å². The van der Waals surface area contributed by atoms with E-state index >= 15 is 0 Å². The third-order valence-electron chi connectivity index (χ3n) is 5.79. The summed E-state index contributed by atoms with van der Waals surface area (Å²) in [4.78, 5) is 51.9. The summed E-state index contributed by atoms with van der Waals surface area (Å²) in [5.41, 5.74) is 1.74. The second-order valence-electron chi connectivity index (χ2n) is 8.81. The summed E-state index contributed by atoms with van der Waals surface area (Å²) in [6, 6.07) is 15.0. The zero-order chi connectivity index (χ0) is 24.7. The Kier molecular flexibility index (Phi) is 8.54. The molecule has 0 bridgehead atoms. The van der Waals surface area contributed by atoms with Crippen LogP contribution in [0.4, 0.5) is 0 Å². The second kappa shape index (κ2) is 11.6. The van der Waals surface area contributed by atoms with E-state index in [4.69, 9.17) is 0 Å². The van der Waals surface area contributed by atoms with Crippen LogP contribution in [0.5, 0.6) is 0 Å². The van der Waals surface area contributed by atoms with Crippen molar-refractivity contribution in [3.8, 4) is 0 Å². The van der Waals surface area contributed by atoms with Crippen LogP contribution in [0.3, 0.4) is 0 Å². The Bertz CT molecular complexity index is 1000. The van der Waals surface area contributed by atoms with Crippen LogP contribution < -0.4 is 16.0 Å². The predicted octanol–water partition coefficient (Wildman–Crippen LogP) is 1.76. The van der Waals surface area contributed by atoms with E-state index in [-0.39, 0.29) is 42.6 Å². The molecule has 1 aliphatic rings. The number of hydrogen-bond donors (Lipinski definition) is 3. The van der Waals surface area contributed by atoms with Crippen LogP contribution >= 0.6 is 0 Å². The molecule has 1 heterocycles. The molecule has 3 N–H and O–H groups in total. The van der Waals surface area contributed by atoms with E-state index < -0.39 is 12.1 Å². The van der Waals surface area contributed by atoms with Gasteiger partial charge in [0.1, 0.15) is 6.04 Å². The van der Waals surface area contributed by atoms with Crippen LogP contribution in [0.15, 0.2) is 54.6 Å². The van der Waals surface area contributed by atoms with Gasteiger partial charge in [-0.3, -0.25) is 24.1 Å². The molecular weight excluding hydrogens is 432 g/mol. The van der Waals surface area contributed by atoms with Gasteiger partial charge in [-0.25, -0.2) is 0 Å². The summed E-state index contributed by atoms with van der Waals surface area (Å²) >= 11 is 0. The highest BCUT2D eigenvalue weighted by Crippen LogP contribution is 2.21. The van der Waals surface area contributed by atoms with Crippen molar-refractivity contribution in [3.05, 3.63) is 71.3 Å². The van der Waals surface area contributed by atoms with Gasteiger partial charge in [0.15, 0.2) is 0 Å². The molecule has 1 aliphatic heterocycles. The number of nitrogens with zero attached hydrogens (tertiary/aromatic N) is 1. The maximum absolute atomic E-state index is 13.1. The molecule has 2 aromatic carbocycles. The fourth-order valence-electron chi connectivity index (χ4n) is 4.05. The Hall–Kier alpha value is -3.52. The minimum absolute atomic E-state index is 0.150. The number of imide groups is 1. The molecule has 3 rings (SSSR count). The van der Waals surface area contributed by atoms with Gasteiger partial charge in [0, 0.05) is 26.6 Å². The first-order chi connectivity index (χ1) is 16.3. The van der Waals surface area contributed by atoms with Crippen molar-refractivity contribution in [3.63, 3.8) is 0 Å². The monoisotopic (exact) mass is 464 g/mol. The minimum atomic E-state index is -0.715. The number of benzene rings is 2. The Morgan fingerprint density at radius 3 is 2.00 bits per heavy atom. The van der Waals surface area contributed by atoms with Crippen molar-refractivity contribution < 1.29 is 19.2 Å². The molecular formula is C26H32N4O4. The van der Waals surface area contributed by atoms with Crippen molar-refractivity contribution in [2.45, 2.75) is 38.8 Å². The number of amides is 4. The summed E-state index contributed by atoms with van der Waals surface area (Å²) in [6.45, 7) is 4.43. The van der Waals surface area contributed by atoms with Gasteiger partial charge in [0.25, 0.3) is 11.8 Å². The van der Waals surface area contributed by atoms with Crippen molar-refractivity contribution in [2.24, 2.45) is 5.92 Å². The minimum Gasteiger partial charge on any atom is -0.357 e. The lowest BCUT2D eigenvalue weighted by Crippen LogP contribution is -2.54. The highest BCUT2D eigenvalue weighted by atomic mass is 16.2. The van der Waals surface area contributed by atoms with Crippen LogP contribution in [0.25, 0.3) is 0 Å². The summed E-state index contributed by atoms with van der Waals surface area (Å²) < 4.78 is 0. The molecule has 8 heteroatoms. The summed E-state index contributed by atoms with van der Waals surface area (Å²) in [5, 5.41) is 8.67. The summed E-state index contributed by atoms with van der Waals surface area (Å²) in [6.07, 6.45) is 0.912. The van der Waals surface area contributed by atoms with E-state index in [0.717, 1.165) is 5.56 Å². The number of carbonyl (C=O) groups excluding carboxylic acids is 4. The Morgan fingerprint density at radius 2 is 1.44 bits per heavy atom. The van der Waals surface area contributed by atoms with E-state index in [9.17, 15) is 19.2 Å². The lowest BCUT2D eigenvalue weighted by Gasteiger charge is -2.25. The van der Waals surface area contributed by atoms with Gasteiger partial charge >= 0.3 is 0 Å². The van der Waals surface area contributed by atoms with Crippen molar-refractivity contribution in [1.82, 2.24) is 20.9 Å². The van der Waals surface area contributed by atoms with Gasteiger partial charge in [-0.15, -0.1) is 0 Å². The smallest absolute Gasteiger partial charge is 0.261 e. The quantitative estimate of drug-likeness (QED) is 0.439. The number of fused-ring (bicyclic) bond motifs is 1. The van der Waals surface area contributed by atoms with E-state index in [1.54, 1.807) is 31.3 Å². The molecule has 2 aromatic rings. The molecule has 2 atom stereocenters. The fourth-order valence-corrected chi connectivity index (χ4v) is 4.05. The van der Waals surface area contributed by atoms with Gasteiger partial charge in [0.05, 0.1) is 17.2 Å². The average molecular weight is 465 g/mol. The first-order valence-electron chi connectivity index (χ1n) is 11.6. The Labute approximate surface area is 200 Å². The lowest BCUT2D eigenvalue weighted by atomic mass is 10.0. The van der Waals surface area contributed by atoms with Crippen molar-refractivity contribution >= 4 is 23.6 Å². The third-order valence-corrected chi connectivity index (χ3v) is 5.79. The van der Waals surface area contributed by atoms with Crippen LogP contribution in [0, 0.1) is 5.92 Å². The normalized spacial score (nSPS) is 14.6. The standard InChI is InChI=1S/C26H32N4O4/c1-17(2)15-21(24(32)29-22(23(31)27-3)16-18-9-5-4-6-10-18)28-13-14-30-25(33)19-11-7-8-12-20(19)26(30)34/h4-12,17,21-22,28H,13-16H2,1-3H3,(H,27,31)(H,29,32)/t21-,22-/m0/s1. The molecule has 4 amide bonds. The van der Waals surface area contributed by atoms with Crippen LogP contribution in [0.2, 0.25) is 0 Å². The first kappa shape index (κ1) is 25.1. The van der Waals surface area contributed by atoms with Gasteiger partial charge in [0.2, 0.25) is 11.8 Å². The largest absolute Gasteiger partial charge is 0.357 e. The maximum atomic E-state index is 13.1. The molecule has 0 fully saturated rings. The SMILES string of the molecule is CNC(=O)[C@H](Cc1ccccc1)NC(=O)[C@H](CC(C)C)NCCN1C(=O)c2ccccc2C1=O. The summed E-state index contributed by atoms with van der Waals surface area (Å²) in [5.74, 6) is -0.994. The number of carbonyl (C=O) groups is 4. The van der Waals surface area contributed by atoms with Gasteiger partial charge in [-0.2, -0.15) is 0 Å². The van der Waals surface area contributed by atoms with Crippen LogP contribution in [-0.4, -0.2) is 60.7 Å². The van der Waals surface area contributed by atoms with E-state index in [1.165, 1.54) is 4.90 Å². The van der Waals surface area contributed by atoms with Gasteiger partial charge in [-0.1, -0.05) is 56.3 Å². The third kappa shape index (κ3) is 6.08. The molecule has 34 heavy (non-hydrogen) atoms. The molecule has 0 aromatic heterocycles. The molecule has 180 valence electrons. The zero-order valence-corrected chi connectivity index (χ0v) is 19.8. The molecule has 0 saturated heterocycles. The Balaban J connectivity index is 1.63. The van der Waals surface area contributed by atoms with E-state index in [0.29, 0.717) is 24.0 Å². The number of hydrogen-bond acceptors (Lipinski definition) is 5. The molecule has 0 radical (unpaired) electrons. The maximum Gasteiger partial charge on any atom is 0.261 e. The number of rotatable bonds is 11. The van der Waals surface area contributed by atoms with Crippen molar-refractivity contribution in [2.75, 3.05) is 20.1 Å². The molecule has 8 nitrogen and oxygen atoms in total. The average Bonchev–Trinajstić information content (AvgIpc) is 3.07. The molecule has 0 saturated carbocycles. The molecule has 0 aliphatic carbocycles. The van der Waals surface area contributed by atoms with E-state index in [2.05, 4.69) is 16.0 Å². The van der Waals surface area contributed by atoms with Crippen molar-refractivity contribution in [1.29, 1.82) is 0 Å².